The Morgan fingerprint density at radius 1 is 0.745 bits per heavy atom. The highest BCUT2D eigenvalue weighted by atomic mass is 16.6. The Balaban J connectivity index is 2.10. The number of aliphatic hydroxyl groups is 3. The van der Waals surface area contributed by atoms with E-state index in [1.54, 1.807) is 12.1 Å². The summed E-state index contributed by atoms with van der Waals surface area (Å²) < 4.78 is 23.0. The first-order valence-electron chi connectivity index (χ1n) is 16.2. The zero-order chi connectivity index (χ0) is 38.1. The van der Waals surface area contributed by atoms with Crippen LogP contribution in [-0.2, 0) is 38.1 Å². The molecule has 0 spiro atoms. The molecule has 272 valence electrons. The third-order valence-corrected chi connectivity index (χ3v) is 9.30. The van der Waals surface area contributed by atoms with Crippen LogP contribution in [0.15, 0.2) is 85.0 Å². The second kappa shape index (κ2) is 14.7. The quantitative estimate of drug-likeness (QED) is 0.225. The van der Waals surface area contributed by atoms with Gasteiger partial charge in [-0.25, -0.2) is 9.59 Å². The SMILES string of the molecule is C=C1[C@H](OC(=O)c2ccccc2)[C@H]2[C@@H](OC(C)=O)[C@](C)(O)[C@@H](O)[C@]2(OC(C)=O)C(=O)[C@@H](C)/C=C/C(C)(C)C(=O)[C@H](O)[C@H]1OC(=O)c1ccccc1. The highest BCUT2D eigenvalue weighted by Gasteiger charge is 2.75. The number of esters is 4. The Kier molecular flexibility index (Phi) is 11.2. The van der Waals surface area contributed by atoms with Crippen LogP contribution < -0.4 is 0 Å². The number of rotatable bonds is 6. The number of allylic oxidation sites excluding steroid dienone is 2. The van der Waals surface area contributed by atoms with Gasteiger partial charge in [-0.2, -0.15) is 0 Å². The van der Waals surface area contributed by atoms with Crippen LogP contribution in [0, 0.1) is 17.3 Å². The van der Waals surface area contributed by atoms with Crippen LogP contribution in [0.25, 0.3) is 0 Å². The fraction of sp³-hybridized carbons (Fsp3) is 0.421. The van der Waals surface area contributed by atoms with Crippen LogP contribution in [0.3, 0.4) is 0 Å². The number of Topliss-reactive ketones (excluding diaryl/α,β-unsaturated/α-hetero) is 2. The summed E-state index contributed by atoms with van der Waals surface area (Å²) >= 11 is 0. The molecule has 0 aromatic heterocycles. The Bertz CT molecular complexity index is 1730. The summed E-state index contributed by atoms with van der Waals surface area (Å²) in [6.45, 7) is 11.2. The van der Waals surface area contributed by atoms with Crippen molar-refractivity contribution in [3.63, 3.8) is 0 Å². The minimum Gasteiger partial charge on any atom is -0.459 e. The molecule has 0 unspecified atom stereocenters. The van der Waals surface area contributed by atoms with Crippen molar-refractivity contribution in [2.45, 2.75) is 83.3 Å². The fourth-order valence-corrected chi connectivity index (χ4v) is 6.65. The van der Waals surface area contributed by atoms with Gasteiger partial charge in [0.05, 0.1) is 17.0 Å². The molecular formula is C38H42O13. The summed E-state index contributed by atoms with van der Waals surface area (Å²) in [5, 5.41) is 35.5. The molecule has 0 aliphatic heterocycles. The summed E-state index contributed by atoms with van der Waals surface area (Å²) in [4.78, 5) is 81.5. The molecule has 51 heavy (non-hydrogen) atoms. The first kappa shape index (κ1) is 38.8. The molecular weight excluding hydrogens is 664 g/mol. The van der Waals surface area contributed by atoms with Gasteiger partial charge in [0.1, 0.15) is 23.9 Å². The molecule has 1 fully saturated rings. The number of fused-ring (bicyclic) bond motifs is 1. The summed E-state index contributed by atoms with van der Waals surface area (Å²) in [5.41, 5.74) is -7.52. The number of ether oxygens (including phenoxy) is 4. The molecule has 2 aliphatic carbocycles. The standard InChI is InChI=1S/C38H42O13/c1-20-18-19-36(5,6)31(43)27(41)29(50-34(45)25-16-12-9-13-17-25)21(2)28(49-33(44)24-14-10-8-11-15-24)26-32(48-22(3)39)37(7,47)35(46)38(26,30(20)42)51-23(4)40/h8-20,26-29,32,35,41,46-47H,2H2,1,3-7H3/b19-18+/t20-,26-,27+,28-,29-,32+,35+,37-,38+/m0/s1. The molecule has 1 saturated carbocycles. The van der Waals surface area contributed by atoms with Crippen molar-refractivity contribution >= 4 is 35.4 Å². The number of hydrogen-bond acceptors (Lipinski definition) is 13. The van der Waals surface area contributed by atoms with Crippen LogP contribution in [-0.4, -0.2) is 92.5 Å². The summed E-state index contributed by atoms with van der Waals surface area (Å²) in [6.07, 6.45) is -8.01. The molecule has 0 amide bonds. The van der Waals surface area contributed by atoms with Gasteiger partial charge >= 0.3 is 23.9 Å². The van der Waals surface area contributed by atoms with Crippen molar-refractivity contribution in [2.24, 2.45) is 17.3 Å². The van der Waals surface area contributed by atoms with Gasteiger partial charge in [-0.1, -0.05) is 62.1 Å². The van der Waals surface area contributed by atoms with Crippen LogP contribution in [0.5, 0.6) is 0 Å². The molecule has 13 heteroatoms. The molecule has 0 bridgehead atoms. The lowest BCUT2D eigenvalue weighted by atomic mass is 9.72. The maximum absolute atomic E-state index is 14.7. The van der Waals surface area contributed by atoms with Crippen molar-refractivity contribution in [2.75, 3.05) is 0 Å². The van der Waals surface area contributed by atoms with Crippen LogP contribution in [0.4, 0.5) is 0 Å². The van der Waals surface area contributed by atoms with Crippen molar-refractivity contribution in [1.29, 1.82) is 0 Å². The Morgan fingerprint density at radius 2 is 1.24 bits per heavy atom. The van der Waals surface area contributed by atoms with Gasteiger partial charge < -0.3 is 34.3 Å². The van der Waals surface area contributed by atoms with E-state index < -0.39 is 100.0 Å². The molecule has 0 saturated heterocycles. The molecule has 3 N–H and O–H groups in total. The van der Waals surface area contributed by atoms with E-state index in [9.17, 15) is 44.1 Å². The number of aliphatic hydroxyl groups excluding tert-OH is 2. The normalized spacial score (nSPS) is 32.7. The van der Waals surface area contributed by atoms with E-state index in [1.165, 1.54) is 81.5 Å². The van der Waals surface area contributed by atoms with E-state index in [1.807, 2.05) is 0 Å². The van der Waals surface area contributed by atoms with E-state index in [2.05, 4.69) is 6.58 Å². The lowest BCUT2D eigenvalue weighted by Gasteiger charge is -2.42. The molecule has 2 aromatic carbocycles. The second-order valence-electron chi connectivity index (χ2n) is 13.6. The lowest BCUT2D eigenvalue weighted by molar-refractivity contribution is -0.195. The smallest absolute Gasteiger partial charge is 0.338 e. The van der Waals surface area contributed by atoms with Gasteiger partial charge in [0.15, 0.2) is 23.8 Å². The molecule has 4 rings (SSSR count). The lowest BCUT2D eigenvalue weighted by Crippen LogP contribution is -2.62. The Hall–Kier alpha value is -4.98. The first-order chi connectivity index (χ1) is 23.8. The van der Waals surface area contributed by atoms with Gasteiger partial charge in [0.25, 0.3) is 0 Å². The maximum Gasteiger partial charge on any atom is 0.338 e. The third kappa shape index (κ3) is 7.41. The molecule has 0 radical (unpaired) electrons. The number of benzene rings is 2. The minimum atomic E-state index is -2.84. The Morgan fingerprint density at radius 3 is 1.71 bits per heavy atom. The zero-order valence-corrected chi connectivity index (χ0v) is 29.1. The molecule has 2 aliphatic rings. The minimum absolute atomic E-state index is 0.00308. The maximum atomic E-state index is 14.7. The van der Waals surface area contributed by atoms with Crippen LogP contribution in [0.1, 0.15) is 62.3 Å². The summed E-state index contributed by atoms with van der Waals surface area (Å²) in [5.74, 6) is -9.45. The zero-order valence-electron chi connectivity index (χ0n) is 29.1. The van der Waals surface area contributed by atoms with Crippen LogP contribution >= 0.6 is 0 Å². The van der Waals surface area contributed by atoms with Crippen LogP contribution in [0.2, 0.25) is 0 Å². The topological polar surface area (TPSA) is 200 Å². The monoisotopic (exact) mass is 706 g/mol. The number of carbonyl (C=O) groups is 6. The second-order valence-corrected chi connectivity index (χ2v) is 13.6. The number of carbonyl (C=O) groups excluding carboxylic acids is 6. The highest BCUT2D eigenvalue weighted by Crippen LogP contribution is 2.52. The highest BCUT2D eigenvalue weighted by molar-refractivity contribution is 5.96. The van der Waals surface area contributed by atoms with Gasteiger partial charge in [-0.3, -0.25) is 19.2 Å². The molecule has 13 nitrogen and oxygen atoms in total. The number of hydrogen-bond donors (Lipinski definition) is 3. The van der Waals surface area contributed by atoms with E-state index in [4.69, 9.17) is 18.9 Å². The van der Waals surface area contributed by atoms with E-state index in [-0.39, 0.29) is 11.1 Å². The van der Waals surface area contributed by atoms with Gasteiger partial charge in [-0.05, 0) is 45.0 Å². The fourth-order valence-electron chi connectivity index (χ4n) is 6.65. The predicted molar refractivity (Wildman–Crippen MR) is 179 cm³/mol. The number of ketones is 2. The van der Waals surface area contributed by atoms with Crippen molar-refractivity contribution in [3.8, 4) is 0 Å². The largest absolute Gasteiger partial charge is 0.459 e. The first-order valence-corrected chi connectivity index (χ1v) is 16.2. The van der Waals surface area contributed by atoms with Gasteiger partial charge in [0, 0.05) is 30.8 Å². The van der Waals surface area contributed by atoms with Crippen molar-refractivity contribution in [1.82, 2.24) is 0 Å². The predicted octanol–water partition coefficient (Wildman–Crippen LogP) is 2.70. The summed E-state index contributed by atoms with van der Waals surface area (Å²) in [6, 6.07) is 15.0. The molecule has 9 atom stereocenters. The molecule has 0 heterocycles. The van der Waals surface area contributed by atoms with E-state index in [0.717, 1.165) is 20.8 Å². The van der Waals surface area contributed by atoms with Gasteiger partial charge in [0.2, 0.25) is 5.60 Å². The molecule has 2 aromatic rings. The average Bonchev–Trinajstić information content (AvgIpc) is 3.24. The average molecular weight is 707 g/mol. The van der Waals surface area contributed by atoms with E-state index in [0.29, 0.717) is 0 Å². The van der Waals surface area contributed by atoms with Gasteiger partial charge in [-0.15, -0.1) is 0 Å². The Labute approximate surface area is 294 Å². The van der Waals surface area contributed by atoms with Crippen molar-refractivity contribution in [3.05, 3.63) is 96.1 Å². The third-order valence-electron chi connectivity index (χ3n) is 9.30. The summed E-state index contributed by atoms with van der Waals surface area (Å²) in [7, 11) is 0. The van der Waals surface area contributed by atoms with Crippen molar-refractivity contribution < 1.29 is 63.0 Å². The van der Waals surface area contributed by atoms with E-state index >= 15 is 0 Å².